The third kappa shape index (κ3) is 4.72. The second-order valence-corrected chi connectivity index (χ2v) is 5.55. The minimum absolute atomic E-state index is 0.00155. The molecule has 0 spiro atoms. The quantitative estimate of drug-likeness (QED) is 0.770. The van der Waals surface area contributed by atoms with Gasteiger partial charge in [-0.3, -0.25) is 4.79 Å². The van der Waals surface area contributed by atoms with Gasteiger partial charge in [0.1, 0.15) is 0 Å². The Kier molecular flexibility index (Phi) is 6.02. The maximum Gasteiger partial charge on any atom is 0.253 e. The van der Waals surface area contributed by atoms with Gasteiger partial charge < -0.3 is 20.4 Å². The van der Waals surface area contributed by atoms with Crippen molar-refractivity contribution in [3.05, 3.63) is 29.8 Å². The van der Waals surface area contributed by atoms with E-state index in [0.29, 0.717) is 5.56 Å². The van der Waals surface area contributed by atoms with Crippen molar-refractivity contribution < 1.29 is 4.79 Å². The summed E-state index contributed by atoms with van der Waals surface area (Å²) in [6.45, 7) is 6.33. The third-order valence-corrected chi connectivity index (χ3v) is 3.97. The van der Waals surface area contributed by atoms with Crippen LogP contribution in [0.1, 0.15) is 16.8 Å². The number of carbonyl (C=O) groups excluding carboxylic acids is 1. The highest BCUT2D eigenvalue weighted by Crippen LogP contribution is 2.13. The molecule has 1 amide bonds. The lowest BCUT2D eigenvalue weighted by Gasteiger charge is -2.32. The number of nitrogens with zero attached hydrogens (tertiary/aromatic N) is 2. The van der Waals surface area contributed by atoms with Crippen LogP contribution in [0.15, 0.2) is 24.3 Å². The van der Waals surface area contributed by atoms with E-state index in [4.69, 9.17) is 0 Å². The summed E-state index contributed by atoms with van der Waals surface area (Å²) >= 11 is 0. The number of amides is 1. The Hall–Kier alpha value is -1.59. The zero-order valence-electron chi connectivity index (χ0n) is 13.1. The molecule has 0 bridgehead atoms. The molecule has 1 saturated heterocycles. The van der Waals surface area contributed by atoms with E-state index < -0.39 is 0 Å². The van der Waals surface area contributed by atoms with Crippen LogP contribution in [0.5, 0.6) is 0 Å². The number of para-hydroxylation sites is 1. The van der Waals surface area contributed by atoms with Crippen LogP contribution in [-0.2, 0) is 0 Å². The molecular formula is C16H26N4O. The molecule has 0 radical (unpaired) electrons. The minimum Gasteiger partial charge on any atom is -0.387 e. The van der Waals surface area contributed by atoms with Crippen molar-refractivity contribution >= 4 is 11.6 Å². The van der Waals surface area contributed by atoms with Crippen LogP contribution in [0.2, 0.25) is 0 Å². The van der Waals surface area contributed by atoms with Gasteiger partial charge in [0.15, 0.2) is 0 Å². The van der Waals surface area contributed by atoms with Crippen LogP contribution in [0.3, 0.4) is 0 Å². The highest BCUT2D eigenvalue weighted by atomic mass is 16.1. The zero-order chi connectivity index (χ0) is 15.1. The molecule has 5 heteroatoms. The molecule has 1 aromatic rings. The van der Waals surface area contributed by atoms with E-state index in [9.17, 15) is 4.79 Å². The average Bonchev–Trinajstić information content (AvgIpc) is 2.53. The molecule has 2 rings (SSSR count). The molecule has 0 aliphatic carbocycles. The van der Waals surface area contributed by atoms with Gasteiger partial charge in [-0.05, 0) is 32.1 Å². The Balaban J connectivity index is 1.70. The number of piperazine rings is 1. The van der Waals surface area contributed by atoms with Gasteiger partial charge in [-0.2, -0.15) is 0 Å². The lowest BCUT2D eigenvalue weighted by molar-refractivity contribution is 0.0950. The molecule has 2 N–H and O–H groups in total. The summed E-state index contributed by atoms with van der Waals surface area (Å²) in [5.41, 5.74) is 1.58. The summed E-state index contributed by atoms with van der Waals surface area (Å²) < 4.78 is 0. The van der Waals surface area contributed by atoms with Gasteiger partial charge in [0, 0.05) is 45.5 Å². The van der Waals surface area contributed by atoms with Gasteiger partial charge in [-0.15, -0.1) is 0 Å². The molecule has 0 aromatic heterocycles. The molecular weight excluding hydrogens is 264 g/mol. The minimum atomic E-state index is -0.00155. The van der Waals surface area contributed by atoms with Crippen LogP contribution in [-0.4, -0.2) is 69.1 Å². The first-order valence-electron chi connectivity index (χ1n) is 7.66. The van der Waals surface area contributed by atoms with E-state index in [1.807, 2.05) is 31.3 Å². The summed E-state index contributed by atoms with van der Waals surface area (Å²) in [7, 11) is 4.00. The highest BCUT2D eigenvalue weighted by molar-refractivity contribution is 5.99. The number of hydrogen-bond donors (Lipinski definition) is 2. The molecule has 0 saturated carbocycles. The number of anilines is 1. The van der Waals surface area contributed by atoms with Crippen molar-refractivity contribution in [1.82, 2.24) is 15.1 Å². The van der Waals surface area contributed by atoms with Gasteiger partial charge in [0.25, 0.3) is 5.91 Å². The van der Waals surface area contributed by atoms with Gasteiger partial charge in [0.05, 0.1) is 5.56 Å². The maximum absolute atomic E-state index is 12.1. The summed E-state index contributed by atoms with van der Waals surface area (Å²) in [6.07, 6.45) is 0.997. The highest BCUT2D eigenvalue weighted by Gasteiger charge is 2.13. The summed E-state index contributed by atoms with van der Waals surface area (Å²) in [5.74, 6) is -0.00155. The summed E-state index contributed by atoms with van der Waals surface area (Å²) in [6, 6.07) is 7.58. The van der Waals surface area contributed by atoms with E-state index >= 15 is 0 Å². The van der Waals surface area contributed by atoms with E-state index in [1.165, 1.54) is 0 Å². The number of benzene rings is 1. The van der Waals surface area contributed by atoms with Crippen molar-refractivity contribution in [3.8, 4) is 0 Å². The summed E-state index contributed by atoms with van der Waals surface area (Å²) in [4.78, 5) is 17.0. The van der Waals surface area contributed by atoms with Crippen molar-refractivity contribution in [2.24, 2.45) is 0 Å². The van der Waals surface area contributed by atoms with Gasteiger partial charge in [0.2, 0.25) is 0 Å². The Morgan fingerprint density at radius 1 is 1.19 bits per heavy atom. The van der Waals surface area contributed by atoms with E-state index in [2.05, 4.69) is 27.5 Å². The fraction of sp³-hybridized carbons (Fsp3) is 0.562. The number of hydrogen-bond acceptors (Lipinski definition) is 4. The molecule has 1 aliphatic heterocycles. The van der Waals surface area contributed by atoms with Gasteiger partial charge in [-0.25, -0.2) is 0 Å². The molecule has 1 fully saturated rings. The molecule has 21 heavy (non-hydrogen) atoms. The standard InChI is InChI=1S/C16H26N4O/c1-17-15-7-4-3-6-14(15)16(21)18-8-5-9-20-12-10-19(2)11-13-20/h3-4,6-7,17H,5,8-13H2,1-2H3,(H,18,21). The van der Waals surface area contributed by atoms with Crippen molar-refractivity contribution in [3.63, 3.8) is 0 Å². The molecule has 0 atom stereocenters. The topological polar surface area (TPSA) is 47.6 Å². The Labute approximate surface area is 127 Å². The van der Waals surface area contributed by atoms with Crippen molar-refractivity contribution in [2.75, 3.05) is 58.7 Å². The fourth-order valence-corrected chi connectivity index (χ4v) is 2.57. The summed E-state index contributed by atoms with van der Waals surface area (Å²) in [5, 5.41) is 6.06. The second kappa shape index (κ2) is 8.00. The molecule has 1 aromatic carbocycles. The molecule has 5 nitrogen and oxygen atoms in total. The van der Waals surface area contributed by atoms with Crippen molar-refractivity contribution in [2.45, 2.75) is 6.42 Å². The van der Waals surface area contributed by atoms with Crippen molar-refractivity contribution in [1.29, 1.82) is 0 Å². The van der Waals surface area contributed by atoms with E-state index in [0.717, 1.165) is 51.4 Å². The van der Waals surface area contributed by atoms with Gasteiger partial charge in [-0.1, -0.05) is 12.1 Å². The average molecular weight is 290 g/mol. The smallest absolute Gasteiger partial charge is 0.253 e. The first kappa shape index (κ1) is 15.8. The lowest BCUT2D eigenvalue weighted by Crippen LogP contribution is -2.45. The normalized spacial score (nSPS) is 16.7. The molecule has 116 valence electrons. The van der Waals surface area contributed by atoms with E-state index in [1.54, 1.807) is 0 Å². The molecule has 1 aliphatic rings. The third-order valence-electron chi connectivity index (χ3n) is 3.97. The van der Waals surface area contributed by atoms with Crippen LogP contribution in [0, 0.1) is 0 Å². The predicted molar refractivity (Wildman–Crippen MR) is 86.9 cm³/mol. The fourth-order valence-electron chi connectivity index (χ4n) is 2.57. The second-order valence-electron chi connectivity index (χ2n) is 5.55. The number of nitrogens with one attached hydrogen (secondary N) is 2. The Morgan fingerprint density at radius 2 is 1.90 bits per heavy atom. The first-order chi connectivity index (χ1) is 10.2. The first-order valence-corrected chi connectivity index (χ1v) is 7.66. The monoisotopic (exact) mass is 290 g/mol. The lowest BCUT2D eigenvalue weighted by atomic mass is 10.1. The Bertz CT molecular complexity index is 455. The van der Waals surface area contributed by atoms with E-state index in [-0.39, 0.29) is 5.91 Å². The van der Waals surface area contributed by atoms with Crippen LogP contribution >= 0.6 is 0 Å². The largest absolute Gasteiger partial charge is 0.387 e. The predicted octanol–water partition coefficient (Wildman–Crippen LogP) is 1.10. The molecule has 0 unspecified atom stereocenters. The van der Waals surface area contributed by atoms with Crippen LogP contribution in [0.25, 0.3) is 0 Å². The Morgan fingerprint density at radius 3 is 2.62 bits per heavy atom. The number of rotatable bonds is 6. The molecule has 1 heterocycles. The number of likely N-dealkylation sites (N-methyl/N-ethyl adjacent to an activating group) is 1. The van der Waals surface area contributed by atoms with Gasteiger partial charge >= 0.3 is 0 Å². The maximum atomic E-state index is 12.1. The SMILES string of the molecule is CNc1ccccc1C(=O)NCCCN1CCN(C)CC1. The van der Waals surface area contributed by atoms with Crippen LogP contribution < -0.4 is 10.6 Å². The van der Waals surface area contributed by atoms with Crippen LogP contribution in [0.4, 0.5) is 5.69 Å². The number of carbonyl (C=O) groups is 1. The zero-order valence-corrected chi connectivity index (χ0v) is 13.1.